The van der Waals surface area contributed by atoms with E-state index in [1.807, 2.05) is 43.3 Å². The van der Waals surface area contributed by atoms with Gasteiger partial charge in [0.15, 0.2) is 10.9 Å². The Morgan fingerprint density at radius 1 is 1.23 bits per heavy atom. The molecule has 0 atom stereocenters. The molecule has 112 valence electrons. The Morgan fingerprint density at radius 3 is 2.82 bits per heavy atom. The molecule has 5 nitrogen and oxygen atoms in total. The molecule has 2 heterocycles. The third-order valence-corrected chi connectivity index (χ3v) is 4.69. The molecule has 1 aliphatic rings. The molecule has 4 rings (SSSR count). The van der Waals surface area contributed by atoms with Crippen molar-refractivity contribution in [2.45, 2.75) is 36.7 Å². The summed E-state index contributed by atoms with van der Waals surface area (Å²) in [5.41, 5.74) is 1.97. The highest BCUT2D eigenvalue weighted by molar-refractivity contribution is 7.98. The van der Waals surface area contributed by atoms with E-state index in [9.17, 15) is 0 Å². The Bertz CT molecular complexity index is 777. The van der Waals surface area contributed by atoms with Gasteiger partial charge in [-0.15, -0.1) is 10.2 Å². The Hall–Kier alpha value is -2.08. The zero-order valence-electron chi connectivity index (χ0n) is 12.3. The molecule has 0 radical (unpaired) electrons. The van der Waals surface area contributed by atoms with Crippen molar-refractivity contribution in [2.75, 3.05) is 0 Å². The fourth-order valence-corrected chi connectivity index (χ4v) is 3.39. The first-order chi connectivity index (χ1) is 10.8. The van der Waals surface area contributed by atoms with Crippen molar-refractivity contribution in [3.8, 4) is 11.3 Å². The van der Waals surface area contributed by atoms with E-state index in [2.05, 4.69) is 19.9 Å². The molecule has 1 aliphatic carbocycles. The number of aryl methyl sites for hydroxylation is 1. The average Bonchev–Trinajstić information content (AvgIpc) is 3.15. The highest BCUT2D eigenvalue weighted by Crippen LogP contribution is 2.39. The molecule has 1 fully saturated rings. The molecular formula is C16H16N4OS. The molecule has 1 aromatic carbocycles. The van der Waals surface area contributed by atoms with Crippen LogP contribution < -0.4 is 0 Å². The van der Waals surface area contributed by atoms with Crippen LogP contribution in [0.4, 0.5) is 0 Å². The van der Waals surface area contributed by atoms with E-state index < -0.39 is 0 Å². The van der Waals surface area contributed by atoms with Gasteiger partial charge in [0.2, 0.25) is 0 Å². The quantitative estimate of drug-likeness (QED) is 0.669. The van der Waals surface area contributed by atoms with Crippen molar-refractivity contribution in [2.24, 2.45) is 0 Å². The fourth-order valence-electron chi connectivity index (χ4n) is 2.46. The summed E-state index contributed by atoms with van der Waals surface area (Å²) in [6.07, 6.45) is 2.46. The predicted molar refractivity (Wildman–Crippen MR) is 84.5 cm³/mol. The van der Waals surface area contributed by atoms with E-state index in [1.54, 1.807) is 11.8 Å². The van der Waals surface area contributed by atoms with Crippen LogP contribution in [0.25, 0.3) is 11.3 Å². The summed E-state index contributed by atoms with van der Waals surface area (Å²) >= 11 is 1.66. The number of rotatable bonds is 5. The van der Waals surface area contributed by atoms with Crippen LogP contribution in [0.1, 0.15) is 30.4 Å². The van der Waals surface area contributed by atoms with Gasteiger partial charge in [0, 0.05) is 23.4 Å². The predicted octanol–water partition coefficient (Wildman–Crippen LogP) is 3.87. The maximum Gasteiger partial charge on any atom is 0.191 e. The molecule has 0 amide bonds. The molecule has 3 aromatic rings. The minimum absolute atomic E-state index is 0.592. The van der Waals surface area contributed by atoms with E-state index >= 15 is 0 Å². The molecule has 1 saturated carbocycles. The molecule has 22 heavy (non-hydrogen) atoms. The van der Waals surface area contributed by atoms with Crippen molar-refractivity contribution in [3.63, 3.8) is 0 Å². The largest absolute Gasteiger partial charge is 0.356 e. The second-order valence-corrected chi connectivity index (χ2v) is 6.41. The highest BCUT2D eigenvalue weighted by Gasteiger charge is 2.28. The van der Waals surface area contributed by atoms with Gasteiger partial charge >= 0.3 is 0 Å². The Morgan fingerprint density at radius 2 is 2.05 bits per heavy atom. The van der Waals surface area contributed by atoms with Crippen LogP contribution >= 0.6 is 11.8 Å². The van der Waals surface area contributed by atoms with E-state index in [0.717, 1.165) is 33.8 Å². The normalized spacial score (nSPS) is 14.4. The third kappa shape index (κ3) is 2.66. The van der Waals surface area contributed by atoms with Gasteiger partial charge in [-0.2, -0.15) is 0 Å². The van der Waals surface area contributed by atoms with Crippen molar-refractivity contribution >= 4 is 11.8 Å². The van der Waals surface area contributed by atoms with Crippen LogP contribution in [-0.2, 0) is 5.75 Å². The van der Waals surface area contributed by atoms with Crippen LogP contribution in [0.2, 0.25) is 0 Å². The third-order valence-electron chi connectivity index (χ3n) is 3.71. The monoisotopic (exact) mass is 312 g/mol. The molecular weight excluding hydrogens is 296 g/mol. The molecule has 0 N–H and O–H groups in total. The Labute approximate surface area is 132 Å². The van der Waals surface area contributed by atoms with Crippen LogP contribution in [0.5, 0.6) is 0 Å². The van der Waals surface area contributed by atoms with E-state index in [4.69, 9.17) is 4.52 Å². The van der Waals surface area contributed by atoms with Gasteiger partial charge in [-0.25, -0.2) is 0 Å². The standard InChI is InChI=1S/C16H16N4OS/c1-11-17-18-16(20(11)14-7-8-14)22-10-13-9-15(21-19-13)12-5-3-2-4-6-12/h2-6,9,14H,7-8,10H2,1H3. The molecule has 0 spiro atoms. The first kappa shape index (κ1) is 13.6. The maximum atomic E-state index is 5.43. The summed E-state index contributed by atoms with van der Waals surface area (Å²) in [4.78, 5) is 0. The van der Waals surface area contributed by atoms with Gasteiger partial charge in [-0.05, 0) is 19.8 Å². The van der Waals surface area contributed by atoms with E-state index in [0.29, 0.717) is 6.04 Å². The zero-order valence-corrected chi connectivity index (χ0v) is 13.1. The molecule has 0 unspecified atom stereocenters. The number of hydrogen-bond donors (Lipinski definition) is 0. The highest BCUT2D eigenvalue weighted by atomic mass is 32.2. The summed E-state index contributed by atoms with van der Waals surface area (Å²) in [7, 11) is 0. The first-order valence-electron chi connectivity index (χ1n) is 7.36. The van der Waals surface area contributed by atoms with Gasteiger partial charge in [0.05, 0.1) is 5.69 Å². The number of benzene rings is 1. The minimum Gasteiger partial charge on any atom is -0.356 e. The Balaban J connectivity index is 1.48. The summed E-state index contributed by atoms with van der Waals surface area (Å²) in [6.45, 7) is 2.01. The molecule has 6 heteroatoms. The van der Waals surface area contributed by atoms with Gasteiger partial charge < -0.3 is 9.09 Å². The summed E-state index contributed by atoms with van der Waals surface area (Å²) < 4.78 is 7.67. The SMILES string of the molecule is Cc1nnc(SCc2cc(-c3ccccc3)on2)n1C1CC1. The summed E-state index contributed by atoms with van der Waals surface area (Å²) in [5.74, 6) is 2.53. The second kappa shape index (κ2) is 5.61. The van der Waals surface area contributed by atoms with Crippen molar-refractivity contribution in [1.82, 2.24) is 19.9 Å². The molecule has 0 saturated heterocycles. The average molecular weight is 312 g/mol. The van der Waals surface area contributed by atoms with E-state index in [1.165, 1.54) is 12.8 Å². The van der Waals surface area contributed by atoms with Crippen LogP contribution in [-0.4, -0.2) is 19.9 Å². The number of nitrogens with zero attached hydrogens (tertiary/aromatic N) is 4. The van der Waals surface area contributed by atoms with Crippen LogP contribution in [0.3, 0.4) is 0 Å². The summed E-state index contributed by atoms with van der Waals surface area (Å²) in [5, 5.41) is 13.6. The summed E-state index contributed by atoms with van der Waals surface area (Å²) in [6, 6.07) is 12.6. The van der Waals surface area contributed by atoms with Crippen molar-refractivity contribution < 1.29 is 4.52 Å². The van der Waals surface area contributed by atoms with Gasteiger partial charge in [-0.1, -0.05) is 47.3 Å². The molecule has 2 aromatic heterocycles. The molecule has 0 bridgehead atoms. The first-order valence-corrected chi connectivity index (χ1v) is 8.35. The Kier molecular flexibility index (Phi) is 3.46. The van der Waals surface area contributed by atoms with E-state index in [-0.39, 0.29) is 0 Å². The van der Waals surface area contributed by atoms with Crippen LogP contribution in [0, 0.1) is 6.92 Å². The lowest BCUT2D eigenvalue weighted by atomic mass is 10.2. The lowest BCUT2D eigenvalue weighted by Crippen LogP contribution is -1.99. The minimum atomic E-state index is 0.592. The fraction of sp³-hybridized carbons (Fsp3) is 0.312. The van der Waals surface area contributed by atoms with Gasteiger partial charge in [-0.3, -0.25) is 0 Å². The van der Waals surface area contributed by atoms with Gasteiger partial charge in [0.25, 0.3) is 0 Å². The molecule has 0 aliphatic heterocycles. The number of thioether (sulfide) groups is 1. The lowest BCUT2D eigenvalue weighted by Gasteiger charge is -2.04. The lowest BCUT2D eigenvalue weighted by molar-refractivity contribution is 0.426. The number of aromatic nitrogens is 4. The van der Waals surface area contributed by atoms with Gasteiger partial charge in [0.1, 0.15) is 5.82 Å². The maximum absolute atomic E-state index is 5.43. The second-order valence-electron chi connectivity index (χ2n) is 5.47. The topological polar surface area (TPSA) is 56.7 Å². The van der Waals surface area contributed by atoms with Crippen LogP contribution in [0.15, 0.2) is 46.1 Å². The smallest absolute Gasteiger partial charge is 0.191 e. The van der Waals surface area contributed by atoms with Crippen molar-refractivity contribution in [3.05, 3.63) is 47.9 Å². The zero-order chi connectivity index (χ0) is 14.9. The van der Waals surface area contributed by atoms with Crippen molar-refractivity contribution in [1.29, 1.82) is 0 Å². The number of hydrogen-bond acceptors (Lipinski definition) is 5.